The zero-order valence-electron chi connectivity index (χ0n) is 22.7. The first kappa shape index (κ1) is 28.9. The molecule has 0 aliphatic rings. The van der Waals surface area contributed by atoms with Gasteiger partial charge in [0, 0.05) is 14.5 Å². The van der Waals surface area contributed by atoms with Gasteiger partial charge in [-0.3, -0.25) is 0 Å². The monoisotopic (exact) mass is 710 g/mol. The maximum atomic E-state index is 13.4. The van der Waals surface area contributed by atoms with Gasteiger partial charge < -0.3 is 9.47 Å². The first-order chi connectivity index (χ1) is 20.9. The third-order valence-corrected chi connectivity index (χ3v) is 9.65. The number of benzene rings is 6. The molecule has 0 bridgehead atoms. The summed E-state index contributed by atoms with van der Waals surface area (Å²) in [4.78, 5) is 0.344. The van der Waals surface area contributed by atoms with E-state index in [2.05, 4.69) is 31.9 Å². The topological polar surface area (TPSA) is 52.6 Å². The fourth-order valence-corrected chi connectivity index (χ4v) is 6.98. The van der Waals surface area contributed by atoms with E-state index in [1.807, 2.05) is 97.1 Å². The molecule has 6 aromatic carbocycles. The summed E-state index contributed by atoms with van der Waals surface area (Å²) in [6.07, 6.45) is 0. The molecule has 4 nitrogen and oxygen atoms in total. The summed E-state index contributed by atoms with van der Waals surface area (Å²) in [6, 6.07) is 44.4. The van der Waals surface area contributed by atoms with Crippen LogP contribution >= 0.6 is 31.9 Å². The van der Waals surface area contributed by atoms with Gasteiger partial charge in [0.2, 0.25) is 9.84 Å². The van der Waals surface area contributed by atoms with Crippen molar-refractivity contribution in [2.45, 2.75) is 9.79 Å². The van der Waals surface area contributed by atoms with Crippen molar-refractivity contribution in [1.82, 2.24) is 0 Å². The van der Waals surface area contributed by atoms with E-state index >= 15 is 0 Å². The molecule has 0 saturated heterocycles. The number of halogens is 2. The molecular formula is C36H24Br2O4S. The molecule has 0 aliphatic carbocycles. The third-order valence-electron chi connectivity index (χ3n) is 6.75. The van der Waals surface area contributed by atoms with Crippen LogP contribution in [0, 0.1) is 0 Å². The highest BCUT2D eigenvalue weighted by Gasteiger charge is 2.19. The van der Waals surface area contributed by atoms with E-state index in [-0.39, 0.29) is 9.79 Å². The normalized spacial score (nSPS) is 11.2. The van der Waals surface area contributed by atoms with Crippen molar-refractivity contribution < 1.29 is 17.9 Å². The standard InChI is InChI=1S/C36H24Br2O4S/c37-28-22-27(25-8-3-1-4-9-25)23-31(24-28)41-29-14-18-32(19-15-29)43(39,40)33-20-16-30(17-21-33)42-35-13-7-12-34(38)36(35)26-10-5-2-6-11-26/h1-24H. The highest BCUT2D eigenvalue weighted by molar-refractivity contribution is 9.10. The molecule has 0 saturated carbocycles. The highest BCUT2D eigenvalue weighted by atomic mass is 79.9. The second-order valence-electron chi connectivity index (χ2n) is 9.67. The SMILES string of the molecule is O=S(=O)(c1ccc(Oc2cc(Br)cc(-c3ccccc3)c2)cc1)c1ccc(Oc2cccc(Br)c2-c2ccccc2)cc1. The van der Waals surface area contributed by atoms with Crippen LogP contribution in [0.1, 0.15) is 0 Å². The maximum absolute atomic E-state index is 13.4. The van der Waals surface area contributed by atoms with Gasteiger partial charge in [0.1, 0.15) is 23.0 Å². The van der Waals surface area contributed by atoms with Crippen LogP contribution in [-0.2, 0) is 9.84 Å². The number of hydrogen-bond acceptors (Lipinski definition) is 4. The highest BCUT2D eigenvalue weighted by Crippen LogP contribution is 2.39. The average molecular weight is 712 g/mol. The lowest BCUT2D eigenvalue weighted by molar-refractivity contribution is 0.482. The van der Waals surface area contributed by atoms with E-state index in [9.17, 15) is 8.42 Å². The van der Waals surface area contributed by atoms with Crippen molar-refractivity contribution in [2.75, 3.05) is 0 Å². The summed E-state index contributed by atoms with van der Waals surface area (Å²) in [5.41, 5.74) is 4.00. The van der Waals surface area contributed by atoms with Gasteiger partial charge in [0.15, 0.2) is 0 Å². The Morgan fingerprint density at radius 3 is 1.63 bits per heavy atom. The molecule has 0 fully saturated rings. The molecule has 43 heavy (non-hydrogen) atoms. The third kappa shape index (κ3) is 6.59. The van der Waals surface area contributed by atoms with Crippen LogP contribution < -0.4 is 9.47 Å². The minimum Gasteiger partial charge on any atom is -0.457 e. The van der Waals surface area contributed by atoms with E-state index < -0.39 is 9.84 Å². The van der Waals surface area contributed by atoms with Gasteiger partial charge >= 0.3 is 0 Å². The lowest BCUT2D eigenvalue weighted by atomic mass is 10.0. The van der Waals surface area contributed by atoms with Crippen LogP contribution in [0.4, 0.5) is 0 Å². The van der Waals surface area contributed by atoms with Crippen molar-refractivity contribution in [3.63, 3.8) is 0 Å². The smallest absolute Gasteiger partial charge is 0.206 e. The van der Waals surface area contributed by atoms with E-state index in [1.165, 1.54) is 0 Å². The zero-order valence-corrected chi connectivity index (χ0v) is 26.6. The Morgan fingerprint density at radius 2 is 1.02 bits per heavy atom. The van der Waals surface area contributed by atoms with Crippen LogP contribution in [0.2, 0.25) is 0 Å². The summed E-state index contributed by atoms with van der Waals surface area (Å²) in [6.45, 7) is 0. The molecule has 0 aliphatic heterocycles. The van der Waals surface area contributed by atoms with Gasteiger partial charge in [-0.25, -0.2) is 8.42 Å². The van der Waals surface area contributed by atoms with Crippen LogP contribution in [0.5, 0.6) is 23.0 Å². The van der Waals surface area contributed by atoms with E-state index in [1.54, 1.807) is 48.5 Å². The maximum Gasteiger partial charge on any atom is 0.206 e. The molecule has 0 spiro atoms. The Balaban J connectivity index is 1.19. The molecule has 0 N–H and O–H groups in total. The molecular weight excluding hydrogens is 688 g/mol. The molecule has 212 valence electrons. The summed E-state index contributed by atoms with van der Waals surface area (Å²) >= 11 is 7.19. The predicted octanol–water partition coefficient (Wildman–Crippen LogP) is 11.0. The van der Waals surface area contributed by atoms with Crippen molar-refractivity contribution in [2.24, 2.45) is 0 Å². The van der Waals surface area contributed by atoms with E-state index in [4.69, 9.17) is 9.47 Å². The molecule has 0 aromatic heterocycles. The number of rotatable bonds is 8. The molecule has 0 amide bonds. The van der Waals surface area contributed by atoms with Crippen molar-refractivity contribution >= 4 is 41.7 Å². The summed E-state index contributed by atoms with van der Waals surface area (Å²) in [7, 11) is -3.75. The molecule has 0 radical (unpaired) electrons. The van der Waals surface area contributed by atoms with E-state index in [0.717, 1.165) is 31.2 Å². The minimum absolute atomic E-state index is 0.172. The Hall–Kier alpha value is -4.17. The van der Waals surface area contributed by atoms with Gasteiger partial charge in [-0.2, -0.15) is 0 Å². The molecule has 6 rings (SSSR count). The van der Waals surface area contributed by atoms with Gasteiger partial charge in [-0.1, -0.05) is 98.6 Å². The van der Waals surface area contributed by atoms with Crippen molar-refractivity contribution in [3.05, 3.63) is 155 Å². The zero-order chi connectivity index (χ0) is 29.8. The molecule has 0 atom stereocenters. The second-order valence-corrected chi connectivity index (χ2v) is 13.4. The van der Waals surface area contributed by atoms with Crippen LogP contribution in [0.25, 0.3) is 22.3 Å². The quantitative estimate of drug-likeness (QED) is 0.158. The Kier molecular flexibility index (Phi) is 8.47. The number of hydrogen-bond donors (Lipinski definition) is 0. The predicted molar refractivity (Wildman–Crippen MR) is 178 cm³/mol. The van der Waals surface area contributed by atoms with Crippen molar-refractivity contribution in [3.8, 4) is 45.3 Å². The Bertz CT molecular complexity index is 1980. The summed E-state index contributed by atoms with van der Waals surface area (Å²) in [5, 5.41) is 0. The first-order valence-electron chi connectivity index (χ1n) is 13.4. The number of ether oxygens (including phenoxy) is 2. The van der Waals surface area contributed by atoms with Crippen LogP contribution in [-0.4, -0.2) is 8.42 Å². The minimum atomic E-state index is -3.75. The average Bonchev–Trinajstić information content (AvgIpc) is 3.02. The first-order valence-corrected chi connectivity index (χ1v) is 16.4. The van der Waals surface area contributed by atoms with Crippen molar-refractivity contribution in [1.29, 1.82) is 0 Å². The molecule has 7 heteroatoms. The molecule has 6 aromatic rings. The van der Waals surface area contributed by atoms with Gasteiger partial charge in [-0.15, -0.1) is 0 Å². The molecule has 0 heterocycles. The van der Waals surface area contributed by atoms with Crippen LogP contribution in [0.3, 0.4) is 0 Å². The summed E-state index contributed by atoms with van der Waals surface area (Å²) < 4.78 is 40.9. The fraction of sp³-hybridized carbons (Fsp3) is 0. The van der Waals surface area contributed by atoms with Gasteiger partial charge in [0.05, 0.1) is 9.79 Å². The van der Waals surface area contributed by atoms with Crippen LogP contribution in [0.15, 0.2) is 164 Å². The number of sulfone groups is 1. The lowest BCUT2D eigenvalue weighted by Crippen LogP contribution is -2.02. The molecule has 0 unspecified atom stereocenters. The Morgan fingerprint density at radius 1 is 0.465 bits per heavy atom. The fourth-order valence-electron chi connectivity index (χ4n) is 4.67. The Labute approximate surface area is 267 Å². The largest absolute Gasteiger partial charge is 0.457 e. The summed E-state index contributed by atoms with van der Waals surface area (Å²) in [5.74, 6) is 2.36. The van der Waals surface area contributed by atoms with Gasteiger partial charge in [-0.05, 0) is 95.6 Å². The second kappa shape index (κ2) is 12.6. The lowest BCUT2D eigenvalue weighted by Gasteiger charge is -2.14. The van der Waals surface area contributed by atoms with E-state index in [0.29, 0.717) is 23.0 Å². The van der Waals surface area contributed by atoms with Gasteiger partial charge in [0.25, 0.3) is 0 Å².